The van der Waals surface area contributed by atoms with E-state index >= 15 is 0 Å². The molecule has 0 heterocycles. The zero-order valence-corrected chi connectivity index (χ0v) is 7.72. The zero-order chi connectivity index (χ0) is 9.52. The predicted octanol–water partition coefficient (Wildman–Crippen LogP) is 1.85. The Balaban J connectivity index is 2.56. The monoisotopic (exact) mass is 183 g/mol. The van der Waals surface area contributed by atoms with E-state index in [9.17, 15) is 4.39 Å². The molecule has 0 saturated carbocycles. The van der Waals surface area contributed by atoms with Crippen molar-refractivity contribution in [2.45, 2.75) is 13.0 Å². The van der Waals surface area contributed by atoms with Crippen molar-refractivity contribution >= 4 is 0 Å². The molecule has 2 nitrogen and oxygen atoms in total. The largest absolute Gasteiger partial charge is 0.305 e. The molecule has 0 aromatic heterocycles. The van der Waals surface area contributed by atoms with Gasteiger partial charge in [0.2, 0.25) is 0 Å². The minimum atomic E-state index is -0.304. The van der Waals surface area contributed by atoms with E-state index in [0.29, 0.717) is 13.0 Å². The van der Waals surface area contributed by atoms with E-state index in [-0.39, 0.29) is 6.67 Å². The molecule has 0 spiro atoms. The minimum absolute atomic E-state index is 0.304. The van der Waals surface area contributed by atoms with Gasteiger partial charge in [0.05, 0.1) is 13.8 Å². The lowest BCUT2D eigenvalue weighted by Crippen LogP contribution is -2.10. The second-order valence-electron chi connectivity index (χ2n) is 2.78. The molecule has 13 heavy (non-hydrogen) atoms. The van der Waals surface area contributed by atoms with E-state index in [0.717, 1.165) is 11.1 Å². The number of benzene rings is 1. The maximum atomic E-state index is 12.0. The number of nitrogens with one attached hydrogen (secondary N) is 1. The summed E-state index contributed by atoms with van der Waals surface area (Å²) in [7, 11) is 1.57. The molecule has 72 valence electrons. The first-order chi connectivity index (χ1) is 6.36. The van der Waals surface area contributed by atoms with Gasteiger partial charge >= 0.3 is 0 Å². The van der Waals surface area contributed by atoms with Crippen molar-refractivity contribution in [1.82, 2.24) is 5.48 Å². The number of rotatable bonds is 5. The van der Waals surface area contributed by atoms with Gasteiger partial charge in [0.15, 0.2) is 0 Å². The van der Waals surface area contributed by atoms with Gasteiger partial charge in [0, 0.05) is 13.0 Å². The van der Waals surface area contributed by atoms with Crippen LogP contribution in [-0.2, 0) is 17.8 Å². The van der Waals surface area contributed by atoms with Crippen LogP contribution < -0.4 is 5.48 Å². The summed E-state index contributed by atoms with van der Waals surface area (Å²) in [5.74, 6) is 0. The van der Waals surface area contributed by atoms with Crippen molar-refractivity contribution in [3.05, 3.63) is 35.4 Å². The lowest BCUT2D eigenvalue weighted by Gasteiger charge is -2.03. The van der Waals surface area contributed by atoms with Crippen LogP contribution in [-0.4, -0.2) is 13.8 Å². The van der Waals surface area contributed by atoms with Gasteiger partial charge < -0.3 is 4.84 Å². The lowest BCUT2D eigenvalue weighted by molar-refractivity contribution is 0.0867. The Morgan fingerprint density at radius 3 is 2.85 bits per heavy atom. The van der Waals surface area contributed by atoms with Crippen molar-refractivity contribution in [3.63, 3.8) is 0 Å². The summed E-state index contributed by atoms with van der Waals surface area (Å²) in [6, 6.07) is 7.81. The van der Waals surface area contributed by atoms with Crippen molar-refractivity contribution in [1.29, 1.82) is 0 Å². The maximum Gasteiger partial charge on any atom is 0.0934 e. The fraction of sp³-hybridized carbons (Fsp3) is 0.400. The van der Waals surface area contributed by atoms with Gasteiger partial charge in [0.1, 0.15) is 0 Å². The second kappa shape index (κ2) is 5.67. The quantitative estimate of drug-likeness (QED) is 0.703. The molecule has 0 aliphatic rings. The van der Waals surface area contributed by atoms with Crippen molar-refractivity contribution < 1.29 is 9.23 Å². The molecule has 0 saturated heterocycles. The van der Waals surface area contributed by atoms with Gasteiger partial charge in [-0.2, -0.15) is 5.48 Å². The molecule has 0 radical (unpaired) electrons. The Morgan fingerprint density at radius 1 is 1.38 bits per heavy atom. The smallest absolute Gasteiger partial charge is 0.0934 e. The van der Waals surface area contributed by atoms with Crippen LogP contribution in [0.1, 0.15) is 11.1 Å². The molecule has 0 aliphatic heterocycles. The average molecular weight is 183 g/mol. The number of hydroxylamine groups is 1. The summed E-state index contributed by atoms with van der Waals surface area (Å²) in [4.78, 5) is 4.72. The molecule has 0 amide bonds. The van der Waals surface area contributed by atoms with Crippen molar-refractivity contribution in [3.8, 4) is 0 Å². The third kappa shape index (κ3) is 3.53. The van der Waals surface area contributed by atoms with Crippen LogP contribution in [0.15, 0.2) is 24.3 Å². The molecular formula is C10H14FNO. The summed E-state index contributed by atoms with van der Waals surface area (Å²) in [6.45, 7) is 0.345. The first-order valence-electron chi connectivity index (χ1n) is 4.26. The molecule has 1 rings (SSSR count). The van der Waals surface area contributed by atoms with Crippen LogP contribution in [0.2, 0.25) is 0 Å². The van der Waals surface area contributed by atoms with Gasteiger partial charge in [0.25, 0.3) is 0 Å². The lowest BCUT2D eigenvalue weighted by atomic mass is 10.1. The zero-order valence-electron chi connectivity index (χ0n) is 7.72. The fourth-order valence-corrected chi connectivity index (χ4v) is 1.16. The number of aryl methyl sites for hydroxylation is 1. The molecule has 0 atom stereocenters. The third-order valence-electron chi connectivity index (χ3n) is 1.80. The number of hydrogen-bond donors (Lipinski definition) is 1. The molecule has 1 N–H and O–H groups in total. The van der Waals surface area contributed by atoms with E-state index in [1.165, 1.54) is 0 Å². The standard InChI is InChI=1S/C10H14FNO/c1-13-12-8-10-4-2-3-9(7-10)5-6-11/h2-4,7,12H,5-6,8H2,1H3. The van der Waals surface area contributed by atoms with Crippen LogP contribution in [0, 0.1) is 0 Å². The Bertz CT molecular complexity index is 252. The first-order valence-corrected chi connectivity index (χ1v) is 4.26. The Hall–Kier alpha value is -0.930. The molecule has 1 aromatic carbocycles. The average Bonchev–Trinajstić information content (AvgIpc) is 2.16. The highest BCUT2D eigenvalue weighted by molar-refractivity contribution is 5.23. The van der Waals surface area contributed by atoms with E-state index in [1.807, 2.05) is 24.3 Å². The van der Waals surface area contributed by atoms with Crippen molar-refractivity contribution in [2.75, 3.05) is 13.8 Å². The van der Waals surface area contributed by atoms with Crippen LogP contribution in [0.5, 0.6) is 0 Å². The highest BCUT2D eigenvalue weighted by Gasteiger charge is 1.95. The second-order valence-corrected chi connectivity index (χ2v) is 2.78. The van der Waals surface area contributed by atoms with Crippen LogP contribution >= 0.6 is 0 Å². The van der Waals surface area contributed by atoms with E-state index in [1.54, 1.807) is 7.11 Å². The van der Waals surface area contributed by atoms with Crippen LogP contribution in [0.25, 0.3) is 0 Å². The molecule has 0 fully saturated rings. The van der Waals surface area contributed by atoms with E-state index in [4.69, 9.17) is 4.84 Å². The third-order valence-corrected chi connectivity index (χ3v) is 1.80. The van der Waals surface area contributed by atoms with Gasteiger partial charge in [-0.25, -0.2) is 0 Å². The maximum absolute atomic E-state index is 12.0. The summed E-state index contributed by atoms with van der Waals surface area (Å²) in [5, 5.41) is 0. The van der Waals surface area contributed by atoms with Gasteiger partial charge in [-0.1, -0.05) is 24.3 Å². The van der Waals surface area contributed by atoms with Gasteiger partial charge in [-0.05, 0) is 11.1 Å². The Labute approximate surface area is 77.7 Å². The normalized spacial score (nSPS) is 10.3. The summed E-state index contributed by atoms with van der Waals surface area (Å²) in [6.07, 6.45) is 0.487. The first kappa shape index (κ1) is 10.2. The van der Waals surface area contributed by atoms with Crippen molar-refractivity contribution in [2.24, 2.45) is 0 Å². The molecule has 0 aliphatic carbocycles. The number of halogens is 1. The fourth-order valence-electron chi connectivity index (χ4n) is 1.16. The van der Waals surface area contributed by atoms with E-state index < -0.39 is 0 Å². The molecule has 0 bridgehead atoms. The van der Waals surface area contributed by atoms with Gasteiger partial charge in [-0.3, -0.25) is 4.39 Å². The summed E-state index contributed by atoms with van der Waals surface area (Å²) < 4.78 is 12.0. The highest BCUT2D eigenvalue weighted by Crippen LogP contribution is 2.05. The molecular weight excluding hydrogens is 169 g/mol. The minimum Gasteiger partial charge on any atom is -0.305 e. The molecule has 3 heteroatoms. The molecule has 1 aromatic rings. The predicted molar refractivity (Wildman–Crippen MR) is 50.0 cm³/mol. The van der Waals surface area contributed by atoms with Gasteiger partial charge in [-0.15, -0.1) is 0 Å². The number of alkyl halides is 1. The SMILES string of the molecule is CONCc1cccc(CCF)c1. The molecule has 0 unspecified atom stereocenters. The summed E-state index contributed by atoms with van der Waals surface area (Å²) >= 11 is 0. The summed E-state index contributed by atoms with van der Waals surface area (Å²) in [5.41, 5.74) is 4.87. The topological polar surface area (TPSA) is 21.3 Å². The number of hydrogen-bond acceptors (Lipinski definition) is 2. The van der Waals surface area contributed by atoms with Crippen LogP contribution in [0.4, 0.5) is 4.39 Å². The Morgan fingerprint density at radius 2 is 2.15 bits per heavy atom. The van der Waals surface area contributed by atoms with E-state index in [2.05, 4.69) is 5.48 Å². The van der Waals surface area contributed by atoms with Crippen LogP contribution in [0.3, 0.4) is 0 Å². The Kier molecular flexibility index (Phi) is 4.43. The highest BCUT2D eigenvalue weighted by atomic mass is 19.1.